The first kappa shape index (κ1) is 25.5. The van der Waals surface area contributed by atoms with Crippen molar-refractivity contribution >= 4 is 6.16 Å². The topological polar surface area (TPSA) is 81.6 Å². The molecule has 0 heterocycles. The van der Waals surface area contributed by atoms with Gasteiger partial charge in [-0.2, -0.15) is 0 Å². The Hall–Kier alpha value is -0.810. The fourth-order valence-corrected chi connectivity index (χ4v) is 5.74. The molecule has 5 nitrogen and oxygen atoms in total. The first-order chi connectivity index (χ1) is 14.6. The average Bonchev–Trinajstić information content (AvgIpc) is 2.77. The molecular formula is C25H48N2O3. The molecule has 0 aromatic heterocycles. The zero-order valence-electron chi connectivity index (χ0n) is 19.3. The van der Waals surface area contributed by atoms with Crippen molar-refractivity contribution in [2.24, 2.45) is 0 Å². The lowest BCUT2D eigenvalue weighted by molar-refractivity contribution is 0.137. The van der Waals surface area contributed by atoms with Gasteiger partial charge in [0, 0.05) is 24.2 Å². The van der Waals surface area contributed by atoms with E-state index in [-0.39, 0.29) is 0 Å². The highest BCUT2D eigenvalue weighted by atomic mass is 16.6. The molecule has 0 radical (unpaired) electrons. The van der Waals surface area contributed by atoms with Crippen molar-refractivity contribution in [2.45, 2.75) is 153 Å². The van der Waals surface area contributed by atoms with Gasteiger partial charge < -0.3 is 20.8 Å². The van der Waals surface area contributed by atoms with Gasteiger partial charge in [-0.1, -0.05) is 77.0 Å². The summed E-state index contributed by atoms with van der Waals surface area (Å²) in [5, 5.41) is 21.7. The van der Waals surface area contributed by atoms with Crippen LogP contribution in [0.15, 0.2) is 0 Å². The minimum Gasteiger partial charge on any atom is -0.450 e. The summed E-state index contributed by atoms with van der Waals surface area (Å²) >= 11 is 0. The number of carboxylic acid groups (broad SMARTS) is 2. The fraction of sp³-hybridized carbons (Fsp3) is 0.960. The Balaban J connectivity index is 0.000000182. The van der Waals surface area contributed by atoms with Crippen molar-refractivity contribution in [3.8, 4) is 0 Å². The number of hydrogen-bond acceptors (Lipinski definition) is 3. The van der Waals surface area contributed by atoms with Crippen molar-refractivity contribution < 1.29 is 15.0 Å². The molecule has 0 amide bonds. The number of carbonyl (C=O) groups is 1. The molecule has 0 saturated heterocycles. The molecule has 0 atom stereocenters. The fourth-order valence-electron chi connectivity index (χ4n) is 5.74. The van der Waals surface area contributed by atoms with Gasteiger partial charge in [0.05, 0.1) is 0 Å². The van der Waals surface area contributed by atoms with E-state index >= 15 is 0 Å². The molecule has 4 rings (SSSR count). The minimum absolute atomic E-state index is 0.872. The Kier molecular flexibility index (Phi) is 13.5. The lowest BCUT2D eigenvalue weighted by Crippen LogP contribution is -2.40. The number of nitrogens with one attached hydrogen (secondary N) is 2. The Morgan fingerprint density at radius 1 is 0.433 bits per heavy atom. The van der Waals surface area contributed by atoms with Crippen LogP contribution in [-0.2, 0) is 0 Å². The molecule has 0 aromatic carbocycles. The van der Waals surface area contributed by atoms with E-state index in [0.717, 1.165) is 24.2 Å². The maximum absolute atomic E-state index is 8.56. The van der Waals surface area contributed by atoms with E-state index in [1.807, 2.05) is 0 Å². The third-order valence-electron chi connectivity index (χ3n) is 7.36. The van der Waals surface area contributed by atoms with Crippen LogP contribution in [0.1, 0.15) is 128 Å². The molecule has 176 valence electrons. The van der Waals surface area contributed by atoms with Crippen LogP contribution in [0.5, 0.6) is 0 Å². The van der Waals surface area contributed by atoms with E-state index in [0.29, 0.717) is 0 Å². The van der Waals surface area contributed by atoms with Crippen LogP contribution >= 0.6 is 0 Å². The van der Waals surface area contributed by atoms with E-state index in [4.69, 9.17) is 15.0 Å². The summed E-state index contributed by atoms with van der Waals surface area (Å²) in [6.45, 7) is 0. The lowest BCUT2D eigenvalue weighted by atomic mass is 9.91. The highest BCUT2D eigenvalue weighted by Crippen LogP contribution is 2.23. The van der Waals surface area contributed by atoms with Gasteiger partial charge in [0.25, 0.3) is 0 Å². The number of rotatable bonds is 4. The Labute approximate surface area is 184 Å². The summed E-state index contributed by atoms with van der Waals surface area (Å²) in [5.41, 5.74) is 0. The number of hydrogen-bond donors (Lipinski definition) is 4. The molecule has 4 fully saturated rings. The lowest BCUT2D eigenvalue weighted by Gasteiger charge is -2.30. The molecular weight excluding hydrogens is 376 g/mol. The van der Waals surface area contributed by atoms with Crippen molar-refractivity contribution in [3.05, 3.63) is 0 Å². The molecule has 0 bridgehead atoms. The molecule has 4 saturated carbocycles. The van der Waals surface area contributed by atoms with Crippen LogP contribution < -0.4 is 10.6 Å². The van der Waals surface area contributed by atoms with Crippen LogP contribution in [-0.4, -0.2) is 40.5 Å². The second kappa shape index (κ2) is 15.9. The standard InChI is InChI=1S/2C12H23N.CH2O3/c2*1-3-7-11(8-4-1)13-12-9-5-2-6-10-12;2-1(3)4/h2*11-13H,1-10H2;(H2,2,3,4). The largest absolute Gasteiger partial charge is 0.503 e. The molecule has 0 aromatic rings. The first-order valence-corrected chi connectivity index (χ1v) is 13.1. The molecule has 0 unspecified atom stereocenters. The van der Waals surface area contributed by atoms with Gasteiger partial charge >= 0.3 is 6.16 Å². The maximum Gasteiger partial charge on any atom is 0.503 e. The van der Waals surface area contributed by atoms with Gasteiger partial charge in [0.2, 0.25) is 0 Å². The molecule has 30 heavy (non-hydrogen) atoms. The Morgan fingerprint density at radius 2 is 0.600 bits per heavy atom. The summed E-state index contributed by atoms with van der Waals surface area (Å²) in [7, 11) is 0. The second-order valence-corrected chi connectivity index (χ2v) is 9.96. The van der Waals surface area contributed by atoms with E-state index in [2.05, 4.69) is 10.6 Å². The van der Waals surface area contributed by atoms with Crippen LogP contribution in [0.4, 0.5) is 4.79 Å². The highest BCUT2D eigenvalue weighted by Gasteiger charge is 2.20. The SMILES string of the molecule is C1CCC(NC2CCCCC2)CC1.C1CCC(NC2CCCCC2)CC1.O=C(O)O. The monoisotopic (exact) mass is 424 g/mol. The van der Waals surface area contributed by atoms with Crippen molar-refractivity contribution in [1.29, 1.82) is 0 Å². The van der Waals surface area contributed by atoms with Gasteiger partial charge in [-0.3, -0.25) is 0 Å². The molecule has 5 heteroatoms. The summed E-state index contributed by atoms with van der Waals surface area (Å²) in [5.74, 6) is 0. The quantitative estimate of drug-likeness (QED) is 0.403. The van der Waals surface area contributed by atoms with Crippen molar-refractivity contribution in [1.82, 2.24) is 10.6 Å². The molecule has 4 N–H and O–H groups in total. The third-order valence-corrected chi connectivity index (χ3v) is 7.36. The zero-order chi connectivity index (χ0) is 21.4. The van der Waals surface area contributed by atoms with Gasteiger partial charge in [0.1, 0.15) is 0 Å². The van der Waals surface area contributed by atoms with Crippen LogP contribution in [0.2, 0.25) is 0 Å². The zero-order valence-corrected chi connectivity index (χ0v) is 19.3. The predicted octanol–water partition coefficient (Wildman–Crippen LogP) is 6.71. The minimum atomic E-state index is -1.83. The van der Waals surface area contributed by atoms with Gasteiger partial charge in [-0.15, -0.1) is 0 Å². The van der Waals surface area contributed by atoms with E-state index in [9.17, 15) is 0 Å². The summed E-state index contributed by atoms with van der Waals surface area (Å²) in [6.07, 6.45) is 27.3. The molecule has 4 aliphatic rings. The molecule has 0 aliphatic heterocycles. The second-order valence-electron chi connectivity index (χ2n) is 9.96. The van der Waals surface area contributed by atoms with E-state index < -0.39 is 6.16 Å². The van der Waals surface area contributed by atoms with Gasteiger partial charge in [0.15, 0.2) is 0 Å². The maximum atomic E-state index is 8.56. The van der Waals surface area contributed by atoms with Crippen LogP contribution in [0.25, 0.3) is 0 Å². The molecule has 4 aliphatic carbocycles. The highest BCUT2D eigenvalue weighted by molar-refractivity contribution is 5.53. The summed E-state index contributed by atoms with van der Waals surface area (Å²) < 4.78 is 0. The van der Waals surface area contributed by atoms with Gasteiger partial charge in [-0.25, -0.2) is 4.79 Å². The average molecular weight is 425 g/mol. The Morgan fingerprint density at radius 3 is 0.767 bits per heavy atom. The third kappa shape index (κ3) is 12.1. The summed E-state index contributed by atoms with van der Waals surface area (Å²) in [4.78, 5) is 8.56. The van der Waals surface area contributed by atoms with E-state index in [1.54, 1.807) is 0 Å². The van der Waals surface area contributed by atoms with E-state index in [1.165, 1.54) is 128 Å². The van der Waals surface area contributed by atoms with Crippen LogP contribution in [0.3, 0.4) is 0 Å². The smallest absolute Gasteiger partial charge is 0.450 e. The Bertz CT molecular complexity index is 352. The van der Waals surface area contributed by atoms with Crippen molar-refractivity contribution in [2.75, 3.05) is 0 Å². The van der Waals surface area contributed by atoms with Crippen molar-refractivity contribution in [3.63, 3.8) is 0 Å². The van der Waals surface area contributed by atoms with Gasteiger partial charge in [-0.05, 0) is 51.4 Å². The van der Waals surface area contributed by atoms with Crippen LogP contribution in [0, 0.1) is 0 Å². The summed E-state index contributed by atoms with van der Waals surface area (Å²) in [6, 6.07) is 3.49. The normalized spacial score (nSPS) is 24.8. The molecule has 0 spiro atoms. The predicted molar refractivity (Wildman–Crippen MR) is 124 cm³/mol. The first-order valence-electron chi connectivity index (χ1n) is 13.1.